The molecule has 0 fully saturated rings. The molecule has 460 valence electrons. The van der Waals surface area contributed by atoms with Gasteiger partial charge in [0.15, 0.2) is 0 Å². The molecule has 0 heterocycles. The van der Waals surface area contributed by atoms with E-state index in [1.54, 1.807) is 55.4 Å². The Morgan fingerprint density at radius 1 is 0.198 bits per heavy atom. The summed E-state index contributed by atoms with van der Waals surface area (Å²) in [6.07, 6.45) is 0. The number of anilines is 12. The molecule has 0 aliphatic carbocycles. The van der Waals surface area contributed by atoms with Crippen LogP contribution in [0.25, 0.3) is 32.3 Å². The van der Waals surface area contributed by atoms with Gasteiger partial charge in [0.1, 0.15) is 46.5 Å². The SMILES string of the molecule is Cc1ccccc1N(c1c(C)c(F)cc(F)c1C)c1cc(N(c2c(C)cccc2C)c2c(C)c(F)cc(F)c2C)c2ccc3c(N(c4c(C)cccc4C)c4c(C)c(F)cc(F)c4C)cc(N(c4c(C)cccc4C)c4c(C)c(F)cc(F)c4C)c4ccc1c2c43. The Kier molecular flexibility index (Phi) is 15.5. The van der Waals surface area contributed by atoms with Crippen molar-refractivity contribution in [3.63, 3.8) is 0 Å². The quantitative estimate of drug-likeness (QED) is 0.0893. The standard InChI is InChI=1S/C79H68F8N4/c1-39-21-16-17-28-66(39)88(76-46(8)58(80)33-59(81)47(76)9)67-37-68(89(73-40(2)22-18-23-41(73)3)77-48(10)60(82)34-61(83)49(77)11)55-31-32-57-70(91(75-44(6)26-20-27-45(75)7)79-52(14)64(86)36-65(87)53(79)15)38-69(56-30-29-54(67)71(55)72(56)57)90(74-42(4)24-19-25-43(74)5)78-50(12)62(84)35-63(85)51(78)13/h16-38H,1-15H3. The second-order valence-electron chi connectivity index (χ2n) is 24.5. The average molecular weight is 1230 g/mol. The summed E-state index contributed by atoms with van der Waals surface area (Å²) in [7, 11) is 0. The van der Waals surface area contributed by atoms with Crippen LogP contribution in [-0.2, 0) is 0 Å². The molecule has 12 aromatic carbocycles. The van der Waals surface area contributed by atoms with E-state index in [9.17, 15) is 0 Å². The Bertz CT molecular complexity index is 4720. The maximum Gasteiger partial charge on any atom is 0.131 e. The smallest absolute Gasteiger partial charge is 0.131 e. The molecule has 0 atom stereocenters. The summed E-state index contributed by atoms with van der Waals surface area (Å²) in [4.78, 5) is 7.52. The molecule has 0 unspecified atom stereocenters. The molecule has 4 nitrogen and oxygen atoms in total. The molecule has 0 spiro atoms. The van der Waals surface area contributed by atoms with Crippen LogP contribution in [0.5, 0.6) is 0 Å². The van der Waals surface area contributed by atoms with Crippen LogP contribution in [0.2, 0.25) is 0 Å². The molecule has 12 heteroatoms. The number of benzene rings is 12. The number of para-hydroxylation sites is 4. The summed E-state index contributed by atoms with van der Waals surface area (Å²) >= 11 is 0. The maximum atomic E-state index is 16.8. The van der Waals surface area contributed by atoms with Crippen LogP contribution >= 0.6 is 0 Å². The molecule has 0 saturated carbocycles. The Labute approximate surface area is 526 Å². The number of aryl methyl sites for hydroxylation is 7. The van der Waals surface area contributed by atoms with Gasteiger partial charge < -0.3 is 19.6 Å². The summed E-state index contributed by atoms with van der Waals surface area (Å²) in [5.41, 5.74) is 11.3. The Morgan fingerprint density at radius 3 is 0.648 bits per heavy atom. The van der Waals surface area contributed by atoms with Gasteiger partial charge in [0.05, 0.1) is 62.6 Å². The predicted octanol–water partition coefficient (Wildman–Crippen LogP) is 24.2. The number of hydrogen-bond acceptors (Lipinski definition) is 4. The third-order valence-corrected chi connectivity index (χ3v) is 18.7. The summed E-state index contributed by atoms with van der Waals surface area (Å²) in [6, 6.07) is 39.9. The van der Waals surface area contributed by atoms with Crippen molar-refractivity contribution in [1.29, 1.82) is 0 Å². The first-order valence-corrected chi connectivity index (χ1v) is 30.3. The molecule has 0 aliphatic heterocycles. The highest BCUT2D eigenvalue weighted by molar-refractivity contribution is 6.33. The zero-order chi connectivity index (χ0) is 65.2. The van der Waals surface area contributed by atoms with Crippen LogP contribution in [-0.4, -0.2) is 0 Å². The summed E-state index contributed by atoms with van der Waals surface area (Å²) in [6.45, 7) is 26.3. The lowest BCUT2D eigenvalue weighted by molar-refractivity contribution is 0.571. The normalized spacial score (nSPS) is 11.7. The van der Waals surface area contributed by atoms with Crippen molar-refractivity contribution < 1.29 is 35.1 Å². The number of nitrogens with zero attached hydrogens (tertiary/aromatic N) is 4. The Hall–Kier alpha value is -9.68. The van der Waals surface area contributed by atoms with E-state index in [1.807, 2.05) is 183 Å². The lowest BCUT2D eigenvalue weighted by Crippen LogP contribution is -2.21. The van der Waals surface area contributed by atoms with E-state index < -0.39 is 46.5 Å². The first kappa shape index (κ1) is 61.6. The molecule has 12 rings (SSSR count). The third-order valence-electron chi connectivity index (χ3n) is 18.7. The molecular weight excluding hydrogens is 1160 g/mol. The highest BCUT2D eigenvalue weighted by Crippen LogP contribution is 2.58. The van der Waals surface area contributed by atoms with Crippen LogP contribution in [0.1, 0.15) is 83.5 Å². The zero-order valence-corrected chi connectivity index (χ0v) is 53.6. The Morgan fingerprint density at radius 2 is 0.407 bits per heavy atom. The van der Waals surface area contributed by atoms with Gasteiger partial charge in [0, 0.05) is 107 Å². The fourth-order valence-corrected chi connectivity index (χ4v) is 14.1. The van der Waals surface area contributed by atoms with Gasteiger partial charge in [-0.05, 0) is 161 Å². The van der Waals surface area contributed by atoms with Gasteiger partial charge in [0.2, 0.25) is 0 Å². The van der Waals surface area contributed by atoms with E-state index in [-0.39, 0.29) is 67.3 Å². The Balaban J connectivity index is 1.42. The van der Waals surface area contributed by atoms with Crippen LogP contribution in [0.4, 0.5) is 103 Å². The molecule has 0 aromatic heterocycles. The zero-order valence-electron chi connectivity index (χ0n) is 53.6. The number of rotatable bonds is 12. The minimum Gasteiger partial charge on any atom is -0.309 e. The lowest BCUT2D eigenvalue weighted by Gasteiger charge is -2.38. The van der Waals surface area contributed by atoms with E-state index >= 15 is 35.1 Å². The average Bonchev–Trinajstić information content (AvgIpc) is 0.701. The minimum atomic E-state index is -0.792. The van der Waals surface area contributed by atoms with Crippen molar-refractivity contribution >= 4 is 101 Å². The van der Waals surface area contributed by atoms with E-state index in [0.717, 1.165) is 63.2 Å². The molecule has 91 heavy (non-hydrogen) atoms. The fraction of sp³-hybridized carbons (Fsp3) is 0.190. The molecule has 0 bridgehead atoms. The van der Waals surface area contributed by atoms with Gasteiger partial charge >= 0.3 is 0 Å². The second kappa shape index (κ2) is 23.0. The van der Waals surface area contributed by atoms with Crippen molar-refractivity contribution in [3.05, 3.63) is 270 Å². The van der Waals surface area contributed by atoms with Crippen LogP contribution < -0.4 is 19.6 Å². The van der Waals surface area contributed by atoms with Crippen molar-refractivity contribution in [2.24, 2.45) is 0 Å². The highest BCUT2D eigenvalue weighted by Gasteiger charge is 2.36. The predicted molar refractivity (Wildman–Crippen MR) is 360 cm³/mol. The molecule has 12 aromatic rings. The van der Waals surface area contributed by atoms with Gasteiger partial charge in [-0.1, -0.05) is 97.1 Å². The topological polar surface area (TPSA) is 13.0 Å². The summed E-state index contributed by atoms with van der Waals surface area (Å²) in [5, 5.41) is 3.33. The van der Waals surface area contributed by atoms with Crippen molar-refractivity contribution in [1.82, 2.24) is 0 Å². The highest BCUT2D eigenvalue weighted by atomic mass is 19.2. The van der Waals surface area contributed by atoms with Crippen molar-refractivity contribution in [2.75, 3.05) is 19.6 Å². The second-order valence-corrected chi connectivity index (χ2v) is 24.5. The van der Waals surface area contributed by atoms with Gasteiger partial charge in [-0.3, -0.25) is 0 Å². The summed E-state index contributed by atoms with van der Waals surface area (Å²) < 4.78 is 134. The maximum absolute atomic E-state index is 16.8. The first-order valence-electron chi connectivity index (χ1n) is 30.3. The first-order chi connectivity index (χ1) is 43.2. The molecular formula is C79H68F8N4. The van der Waals surface area contributed by atoms with E-state index in [1.165, 1.54) is 0 Å². The summed E-state index contributed by atoms with van der Waals surface area (Å²) in [5.74, 6) is -6.32. The number of hydrogen-bond donors (Lipinski definition) is 0. The molecule has 0 amide bonds. The van der Waals surface area contributed by atoms with Gasteiger partial charge in [0.25, 0.3) is 0 Å². The fourth-order valence-electron chi connectivity index (χ4n) is 14.1. The van der Waals surface area contributed by atoms with E-state index in [2.05, 4.69) is 0 Å². The molecule has 0 N–H and O–H groups in total. The van der Waals surface area contributed by atoms with Gasteiger partial charge in [-0.2, -0.15) is 0 Å². The minimum absolute atomic E-state index is 0.138. The third kappa shape index (κ3) is 9.70. The van der Waals surface area contributed by atoms with E-state index in [4.69, 9.17) is 0 Å². The molecule has 0 radical (unpaired) electrons. The van der Waals surface area contributed by atoms with Gasteiger partial charge in [-0.25, -0.2) is 35.1 Å². The molecule has 0 aliphatic rings. The van der Waals surface area contributed by atoms with Crippen LogP contribution in [0, 0.1) is 150 Å². The number of halogens is 8. The monoisotopic (exact) mass is 1220 g/mol. The lowest BCUT2D eigenvalue weighted by atomic mass is 9.87. The van der Waals surface area contributed by atoms with Crippen LogP contribution in [0.3, 0.4) is 0 Å². The van der Waals surface area contributed by atoms with Gasteiger partial charge in [-0.15, -0.1) is 0 Å². The molecule has 0 saturated heterocycles. The van der Waals surface area contributed by atoms with Crippen molar-refractivity contribution in [2.45, 2.75) is 104 Å². The van der Waals surface area contributed by atoms with Crippen LogP contribution in [0.15, 0.2) is 140 Å². The van der Waals surface area contributed by atoms with Crippen molar-refractivity contribution in [3.8, 4) is 0 Å². The van der Waals surface area contributed by atoms with E-state index in [0.29, 0.717) is 77.8 Å². The largest absolute Gasteiger partial charge is 0.309 e.